The molecule has 4 aliphatic rings. The molecule has 0 radical (unpaired) electrons. The lowest BCUT2D eigenvalue weighted by Crippen LogP contribution is -2.48. The molecule has 1 aliphatic heterocycles. The molecule has 0 N–H and O–H groups in total. The summed E-state index contributed by atoms with van der Waals surface area (Å²) < 4.78 is 11.9. The fourth-order valence-corrected chi connectivity index (χ4v) is 7.68. The van der Waals surface area contributed by atoms with Gasteiger partial charge in [-0.05, 0) is 61.1 Å². The molecule has 0 saturated heterocycles. The Balaban J connectivity index is 1.76. The predicted octanol–water partition coefficient (Wildman–Crippen LogP) is 8.32. The summed E-state index contributed by atoms with van der Waals surface area (Å²) in [5, 5.41) is 0.411. The van der Waals surface area contributed by atoms with Crippen molar-refractivity contribution in [3.8, 4) is 11.5 Å². The van der Waals surface area contributed by atoms with Gasteiger partial charge in [0.15, 0.2) is 23.1 Å². The summed E-state index contributed by atoms with van der Waals surface area (Å²) in [5.41, 5.74) is 4.37. The summed E-state index contributed by atoms with van der Waals surface area (Å²) in [6.45, 7) is 15.2. The van der Waals surface area contributed by atoms with Crippen molar-refractivity contribution in [1.29, 1.82) is 0 Å². The lowest BCUT2D eigenvalue weighted by molar-refractivity contribution is -0.119. The van der Waals surface area contributed by atoms with Crippen LogP contribution in [-0.2, 0) is 9.59 Å². The predicted molar refractivity (Wildman–Crippen MR) is 160 cm³/mol. The Kier molecular flexibility index (Phi) is 8.00. The molecule has 3 aliphatic carbocycles. The van der Waals surface area contributed by atoms with E-state index in [1.807, 2.05) is 19.1 Å². The number of rotatable bonds is 7. The molecule has 0 atom stereocenters. The normalized spacial score (nSPS) is 23.2. The van der Waals surface area contributed by atoms with Gasteiger partial charge in [0.1, 0.15) is 6.61 Å². The quantitative estimate of drug-likeness (QED) is 0.311. The minimum atomic E-state index is -0.456. The average Bonchev–Trinajstić information content (AvgIpc) is 2.86. The highest BCUT2D eigenvalue weighted by Gasteiger charge is 2.50. The maximum atomic E-state index is 14.2. The van der Waals surface area contributed by atoms with E-state index in [4.69, 9.17) is 21.1 Å². The molecule has 1 aromatic rings. The van der Waals surface area contributed by atoms with Gasteiger partial charge < -0.3 is 14.4 Å². The molecular weight excluding hydrogens is 522 g/mol. The smallest absolute Gasteiger partial charge is 0.180 e. The first-order valence-corrected chi connectivity index (χ1v) is 15.4. The van der Waals surface area contributed by atoms with Crippen LogP contribution in [0.1, 0.15) is 104 Å². The number of benzene rings is 1. The first-order chi connectivity index (χ1) is 19.0. The number of carbonyl (C=O) groups is 2. The Morgan fingerprint density at radius 1 is 0.925 bits per heavy atom. The molecule has 5 nitrogen and oxygen atoms in total. The van der Waals surface area contributed by atoms with Crippen LogP contribution in [0.5, 0.6) is 11.5 Å². The van der Waals surface area contributed by atoms with E-state index in [0.717, 1.165) is 53.8 Å². The highest BCUT2D eigenvalue weighted by Crippen LogP contribution is 2.56. The lowest BCUT2D eigenvalue weighted by Gasteiger charge is -2.52. The second-order valence-electron chi connectivity index (χ2n) is 13.6. The number of allylic oxidation sites excluding steroid dienone is 4. The van der Waals surface area contributed by atoms with Gasteiger partial charge in [0.25, 0.3) is 0 Å². The van der Waals surface area contributed by atoms with Gasteiger partial charge >= 0.3 is 0 Å². The second kappa shape index (κ2) is 11.0. The zero-order chi connectivity index (χ0) is 28.8. The summed E-state index contributed by atoms with van der Waals surface area (Å²) in [4.78, 5) is 30.8. The summed E-state index contributed by atoms with van der Waals surface area (Å²) in [5.74, 6) is 0.812. The first kappa shape index (κ1) is 29.0. The Labute approximate surface area is 244 Å². The molecule has 1 heterocycles. The zero-order valence-electron chi connectivity index (χ0n) is 24.8. The van der Waals surface area contributed by atoms with Crippen molar-refractivity contribution in [2.45, 2.75) is 104 Å². The summed E-state index contributed by atoms with van der Waals surface area (Å²) in [6, 6.07) is 4.13. The Morgan fingerprint density at radius 3 is 2.02 bits per heavy atom. The van der Waals surface area contributed by atoms with E-state index < -0.39 is 5.92 Å². The molecule has 1 saturated carbocycles. The van der Waals surface area contributed by atoms with Crippen molar-refractivity contribution >= 4 is 23.2 Å². The van der Waals surface area contributed by atoms with E-state index in [1.54, 1.807) is 6.08 Å². The van der Waals surface area contributed by atoms with Crippen molar-refractivity contribution in [2.75, 3.05) is 13.2 Å². The number of hydrogen-bond donors (Lipinski definition) is 0. The number of ketones is 2. The second-order valence-corrected chi connectivity index (χ2v) is 14.0. The molecule has 0 bridgehead atoms. The number of carbonyl (C=O) groups excluding carboxylic acids is 2. The van der Waals surface area contributed by atoms with E-state index in [1.165, 1.54) is 19.3 Å². The molecular formula is C34H44ClNO4. The number of ether oxygens (including phenoxy) is 2. The van der Waals surface area contributed by atoms with Crippen LogP contribution in [-0.4, -0.2) is 35.7 Å². The van der Waals surface area contributed by atoms with Gasteiger partial charge in [-0.1, -0.05) is 71.2 Å². The molecule has 0 amide bonds. The van der Waals surface area contributed by atoms with E-state index in [2.05, 4.69) is 39.2 Å². The minimum absolute atomic E-state index is 0.141. The molecule has 0 spiro atoms. The van der Waals surface area contributed by atoms with Crippen LogP contribution in [0.3, 0.4) is 0 Å². The standard InChI is InChI=1S/C34H44ClNO4/c1-7-14-40-32-23(35)15-21(16-28(32)39-8-2)29-30-24(17-33(3,4)19-26(30)37)36(22-12-10-9-11-13-22)25-18-34(5,6)20-27(38)31(25)29/h7,15-16,22,29H,1,8-14,17-20H2,2-6H3. The molecule has 6 heteroatoms. The van der Waals surface area contributed by atoms with E-state index in [0.29, 0.717) is 48.6 Å². The number of halogens is 1. The maximum Gasteiger partial charge on any atom is 0.180 e. The van der Waals surface area contributed by atoms with Crippen LogP contribution < -0.4 is 9.47 Å². The number of Topliss-reactive ketones (excluding diaryl/α,β-unsaturated/α-hetero) is 2. The highest BCUT2D eigenvalue weighted by atomic mass is 35.5. The molecule has 5 rings (SSSR count). The van der Waals surface area contributed by atoms with Gasteiger partial charge in [0, 0.05) is 47.3 Å². The third-order valence-electron chi connectivity index (χ3n) is 8.90. The van der Waals surface area contributed by atoms with Crippen LogP contribution in [0.15, 0.2) is 47.3 Å². The Morgan fingerprint density at radius 2 is 1.50 bits per heavy atom. The van der Waals surface area contributed by atoms with Gasteiger partial charge in [0.2, 0.25) is 0 Å². The van der Waals surface area contributed by atoms with Crippen LogP contribution in [0.25, 0.3) is 0 Å². The molecule has 216 valence electrons. The minimum Gasteiger partial charge on any atom is -0.490 e. The van der Waals surface area contributed by atoms with Gasteiger partial charge in [0.05, 0.1) is 11.6 Å². The van der Waals surface area contributed by atoms with Crippen molar-refractivity contribution in [2.24, 2.45) is 10.8 Å². The van der Waals surface area contributed by atoms with Crippen LogP contribution in [0.2, 0.25) is 5.02 Å². The van der Waals surface area contributed by atoms with Crippen molar-refractivity contribution in [3.05, 3.63) is 57.9 Å². The number of nitrogens with zero attached hydrogens (tertiary/aromatic N) is 1. The molecule has 1 aromatic carbocycles. The first-order valence-electron chi connectivity index (χ1n) is 15.0. The van der Waals surface area contributed by atoms with Crippen LogP contribution >= 0.6 is 11.6 Å². The Hall–Kier alpha value is -2.53. The molecule has 1 fully saturated rings. The summed E-state index contributed by atoms with van der Waals surface area (Å²) >= 11 is 6.84. The highest BCUT2D eigenvalue weighted by molar-refractivity contribution is 6.32. The van der Waals surface area contributed by atoms with Crippen molar-refractivity contribution in [3.63, 3.8) is 0 Å². The maximum absolute atomic E-state index is 14.2. The van der Waals surface area contributed by atoms with Gasteiger partial charge in [-0.15, -0.1) is 0 Å². The number of hydrogen-bond acceptors (Lipinski definition) is 5. The third kappa shape index (κ3) is 5.38. The Bertz CT molecular complexity index is 1230. The van der Waals surface area contributed by atoms with E-state index >= 15 is 0 Å². The van der Waals surface area contributed by atoms with E-state index in [-0.39, 0.29) is 22.4 Å². The monoisotopic (exact) mass is 565 g/mol. The largest absolute Gasteiger partial charge is 0.490 e. The molecule has 0 unspecified atom stereocenters. The van der Waals surface area contributed by atoms with Crippen molar-refractivity contribution < 1.29 is 19.1 Å². The van der Waals surface area contributed by atoms with Crippen LogP contribution in [0, 0.1) is 10.8 Å². The SMILES string of the molecule is C=CCOc1c(Cl)cc(C2C3=C(CC(C)(C)CC3=O)N(C3CCCCC3)C3=C2C(=O)CC(C)(C)C3)cc1OCC. The summed E-state index contributed by atoms with van der Waals surface area (Å²) in [6.07, 6.45) is 10.0. The zero-order valence-corrected chi connectivity index (χ0v) is 25.6. The molecule has 40 heavy (non-hydrogen) atoms. The van der Waals surface area contributed by atoms with Gasteiger partial charge in [-0.3, -0.25) is 9.59 Å². The van der Waals surface area contributed by atoms with Crippen molar-refractivity contribution in [1.82, 2.24) is 4.90 Å². The fraction of sp³-hybridized carbons (Fsp3) is 0.588. The van der Waals surface area contributed by atoms with Gasteiger partial charge in [-0.25, -0.2) is 0 Å². The summed E-state index contributed by atoms with van der Waals surface area (Å²) in [7, 11) is 0. The average molecular weight is 566 g/mol. The topological polar surface area (TPSA) is 55.8 Å². The fourth-order valence-electron chi connectivity index (χ4n) is 7.41. The van der Waals surface area contributed by atoms with E-state index in [9.17, 15) is 9.59 Å². The van der Waals surface area contributed by atoms with Gasteiger partial charge in [-0.2, -0.15) is 0 Å². The van der Waals surface area contributed by atoms with Crippen LogP contribution in [0.4, 0.5) is 0 Å². The molecule has 0 aromatic heterocycles. The third-order valence-corrected chi connectivity index (χ3v) is 9.18. The lowest BCUT2D eigenvalue weighted by atomic mass is 9.63.